The highest BCUT2D eigenvalue weighted by molar-refractivity contribution is 5.68. The Morgan fingerprint density at radius 2 is 1.83 bits per heavy atom. The minimum absolute atomic E-state index is 0. The van der Waals surface area contributed by atoms with E-state index in [4.69, 9.17) is 0 Å². The molecule has 74 valence electrons. The van der Waals surface area contributed by atoms with Crippen molar-refractivity contribution in [1.82, 2.24) is 0 Å². The predicted octanol–water partition coefficient (Wildman–Crippen LogP) is -2.35. The molecular weight excluding hydrogens is 269 g/mol. The molecule has 0 bridgehead atoms. The zero-order valence-electron chi connectivity index (χ0n) is 8.26. The maximum Gasteiger partial charge on any atom is 0.305 e. The number of nitrogens with zero attached hydrogens (tertiary/aromatic N) is 1. The van der Waals surface area contributed by atoms with Crippen molar-refractivity contribution in [2.75, 3.05) is 34.8 Å². The van der Waals surface area contributed by atoms with Crippen LogP contribution in [0.3, 0.4) is 0 Å². The first-order valence-electron chi connectivity index (χ1n) is 3.83. The number of hydrogen-bond acceptors (Lipinski definition) is 2. The van der Waals surface area contributed by atoms with Crippen molar-refractivity contribution in [1.29, 1.82) is 0 Å². The number of ether oxygens (including phenoxy) is 1. The second kappa shape index (κ2) is 6.65. The summed E-state index contributed by atoms with van der Waals surface area (Å²) in [5, 5.41) is 0. The van der Waals surface area contributed by atoms with Crippen LogP contribution in [0.5, 0.6) is 0 Å². The first-order chi connectivity index (χ1) is 4.95. The number of carbonyl (C=O) groups excluding carboxylic acids is 1. The summed E-state index contributed by atoms with van der Waals surface area (Å²) in [5.74, 6) is -0.113. The van der Waals surface area contributed by atoms with E-state index in [1.807, 2.05) is 0 Å². The maximum absolute atomic E-state index is 10.7. The minimum Gasteiger partial charge on any atom is -1.00 e. The number of halogens is 1. The Balaban J connectivity index is 0. The molecule has 0 radical (unpaired) electrons. The van der Waals surface area contributed by atoms with Gasteiger partial charge in [-0.15, -0.1) is 0 Å². The minimum atomic E-state index is -0.113. The molecule has 0 amide bonds. The standard InChI is InChI=1S/C8H18NO2.HI/c1-9(2,3)7-5-6-8(10)11-4;/h5-7H2,1-4H3;1H/q+1;/p-1. The first kappa shape index (κ1) is 14.7. The van der Waals surface area contributed by atoms with E-state index in [-0.39, 0.29) is 29.9 Å². The molecule has 0 aliphatic carbocycles. The lowest BCUT2D eigenvalue weighted by molar-refractivity contribution is -0.870. The van der Waals surface area contributed by atoms with Crippen molar-refractivity contribution < 1.29 is 38.0 Å². The normalized spacial score (nSPS) is 10.3. The van der Waals surface area contributed by atoms with Crippen LogP contribution in [0.25, 0.3) is 0 Å². The molecule has 0 spiro atoms. The third-order valence-corrected chi connectivity index (χ3v) is 1.44. The van der Waals surface area contributed by atoms with Crippen LogP contribution >= 0.6 is 0 Å². The quantitative estimate of drug-likeness (QED) is 0.329. The predicted molar refractivity (Wildman–Crippen MR) is 44.1 cm³/mol. The van der Waals surface area contributed by atoms with Gasteiger partial charge in [-0.25, -0.2) is 0 Å². The van der Waals surface area contributed by atoms with Crippen LogP contribution in [-0.4, -0.2) is 45.2 Å². The molecule has 0 heterocycles. The van der Waals surface area contributed by atoms with E-state index in [9.17, 15) is 4.79 Å². The molecule has 3 nitrogen and oxygen atoms in total. The molecule has 12 heavy (non-hydrogen) atoms. The summed E-state index contributed by atoms with van der Waals surface area (Å²) in [5.41, 5.74) is 0. The zero-order valence-corrected chi connectivity index (χ0v) is 10.4. The van der Waals surface area contributed by atoms with E-state index < -0.39 is 0 Å². The molecule has 0 aromatic heterocycles. The smallest absolute Gasteiger partial charge is 0.305 e. The van der Waals surface area contributed by atoms with E-state index in [1.54, 1.807) is 0 Å². The molecule has 0 aromatic carbocycles. The molecule has 0 saturated heterocycles. The van der Waals surface area contributed by atoms with E-state index in [2.05, 4.69) is 25.9 Å². The van der Waals surface area contributed by atoms with E-state index in [1.165, 1.54) is 7.11 Å². The van der Waals surface area contributed by atoms with Crippen molar-refractivity contribution in [2.24, 2.45) is 0 Å². The second-order valence-electron chi connectivity index (χ2n) is 3.69. The van der Waals surface area contributed by atoms with Crippen LogP contribution < -0.4 is 24.0 Å². The van der Waals surface area contributed by atoms with Gasteiger partial charge in [0.2, 0.25) is 0 Å². The lowest BCUT2D eigenvalue weighted by atomic mass is 10.3. The fourth-order valence-electron chi connectivity index (χ4n) is 0.800. The largest absolute Gasteiger partial charge is 1.00 e. The molecule has 0 aliphatic heterocycles. The third kappa shape index (κ3) is 10.2. The van der Waals surface area contributed by atoms with Crippen LogP contribution in [0.15, 0.2) is 0 Å². The van der Waals surface area contributed by atoms with Gasteiger partial charge in [0.15, 0.2) is 0 Å². The highest BCUT2D eigenvalue weighted by Crippen LogP contribution is 1.97. The average molecular weight is 287 g/mol. The summed E-state index contributed by atoms with van der Waals surface area (Å²) < 4.78 is 5.42. The lowest BCUT2D eigenvalue weighted by Gasteiger charge is -2.23. The lowest BCUT2D eigenvalue weighted by Crippen LogP contribution is -3.00. The van der Waals surface area contributed by atoms with Gasteiger partial charge in [0.1, 0.15) is 0 Å². The SMILES string of the molecule is COC(=O)CCC[N+](C)(C)C.[I-]. The van der Waals surface area contributed by atoms with E-state index in [0.717, 1.165) is 17.4 Å². The summed E-state index contributed by atoms with van der Waals surface area (Å²) in [6, 6.07) is 0. The molecule has 0 N–H and O–H groups in total. The molecule has 0 aromatic rings. The molecule has 0 aliphatic rings. The van der Waals surface area contributed by atoms with Crippen LogP contribution in [0.2, 0.25) is 0 Å². The summed E-state index contributed by atoms with van der Waals surface area (Å²) in [6.07, 6.45) is 1.43. The number of methoxy groups -OCH3 is 1. The average Bonchev–Trinajstić information content (AvgIpc) is 1.85. The Kier molecular flexibility index (Phi) is 8.13. The number of hydrogen-bond donors (Lipinski definition) is 0. The molecule has 0 saturated carbocycles. The molecule has 4 heteroatoms. The van der Waals surface area contributed by atoms with Crippen LogP contribution in [0, 0.1) is 0 Å². The fraction of sp³-hybridized carbons (Fsp3) is 0.875. The Hall–Kier alpha value is 0.160. The summed E-state index contributed by atoms with van der Waals surface area (Å²) >= 11 is 0. The van der Waals surface area contributed by atoms with Crippen molar-refractivity contribution >= 4 is 5.97 Å². The topological polar surface area (TPSA) is 26.3 Å². The van der Waals surface area contributed by atoms with Gasteiger partial charge in [0, 0.05) is 6.42 Å². The van der Waals surface area contributed by atoms with Gasteiger partial charge in [0.05, 0.1) is 41.2 Å². The summed E-state index contributed by atoms with van der Waals surface area (Å²) in [7, 11) is 7.75. The summed E-state index contributed by atoms with van der Waals surface area (Å²) in [6.45, 7) is 1.01. The van der Waals surface area contributed by atoms with Gasteiger partial charge in [0.25, 0.3) is 0 Å². The number of quaternary nitrogens is 1. The van der Waals surface area contributed by atoms with Crippen molar-refractivity contribution in [3.8, 4) is 0 Å². The van der Waals surface area contributed by atoms with Gasteiger partial charge < -0.3 is 33.2 Å². The number of carbonyl (C=O) groups is 1. The van der Waals surface area contributed by atoms with Gasteiger partial charge in [-0.2, -0.15) is 0 Å². The van der Waals surface area contributed by atoms with Gasteiger partial charge >= 0.3 is 5.97 Å². The molecular formula is C8H18INO2. The van der Waals surface area contributed by atoms with Gasteiger partial charge in [-0.05, 0) is 0 Å². The van der Waals surface area contributed by atoms with Crippen LogP contribution in [-0.2, 0) is 9.53 Å². The van der Waals surface area contributed by atoms with Crippen molar-refractivity contribution in [3.05, 3.63) is 0 Å². The van der Waals surface area contributed by atoms with Crippen LogP contribution in [0.4, 0.5) is 0 Å². The van der Waals surface area contributed by atoms with Crippen molar-refractivity contribution in [2.45, 2.75) is 12.8 Å². The Morgan fingerprint density at radius 1 is 1.33 bits per heavy atom. The molecule has 0 fully saturated rings. The highest BCUT2D eigenvalue weighted by atomic mass is 127. The number of rotatable bonds is 4. The van der Waals surface area contributed by atoms with Crippen molar-refractivity contribution in [3.63, 3.8) is 0 Å². The maximum atomic E-state index is 10.7. The Bertz CT molecular complexity index is 132. The number of esters is 1. The monoisotopic (exact) mass is 287 g/mol. The van der Waals surface area contributed by atoms with E-state index in [0.29, 0.717) is 6.42 Å². The Morgan fingerprint density at radius 3 is 2.17 bits per heavy atom. The molecule has 0 atom stereocenters. The molecule has 0 unspecified atom stereocenters. The second-order valence-corrected chi connectivity index (χ2v) is 3.69. The third-order valence-electron chi connectivity index (χ3n) is 1.44. The first-order valence-corrected chi connectivity index (χ1v) is 3.83. The van der Waals surface area contributed by atoms with E-state index >= 15 is 0 Å². The van der Waals surface area contributed by atoms with Gasteiger partial charge in [-0.3, -0.25) is 4.79 Å². The highest BCUT2D eigenvalue weighted by Gasteiger charge is 2.08. The summed E-state index contributed by atoms with van der Waals surface area (Å²) in [4.78, 5) is 10.7. The fourth-order valence-corrected chi connectivity index (χ4v) is 0.800. The zero-order chi connectivity index (χ0) is 8.91. The van der Waals surface area contributed by atoms with Crippen LogP contribution in [0.1, 0.15) is 12.8 Å². The van der Waals surface area contributed by atoms with Gasteiger partial charge in [-0.1, -0.05) is 0 Å². The molecule has 0 rings (SSSR count). The Labute approximate surface area is 91.7 Å².